The number of fused-ring (bicyclic) bond motifs is 1. The molecule has 0 radical (unpaired) electrons. The van der Waals surface area contributed by atoms with Crippen molar-refractivity contribution in [1.82, 2.24) is 10.2 Å². The van der Waals surface area contributed by atoms with E-state index in [2.05, 4.69) is 29.4 Å². The number of benzene rings is 1. The molecule has 0 aliphatic carbocycles. The lowest BCUT2D eigenvalue weighted by atomic mass is 10.1. The monoisotopic (exact) mass is 284 g/mol. The van der Waals surface area contributed by atoms with Crippen LogP contribution in [0.2, 0.25) is 0 Å². The van der Waals surface area contributed by atoms with Crippen LogP contribution in [0.1, 0.15) is 16.9 Å². The highest BCUT2D eigenvalue weighted by molar-refractivity contribution is 5.82. The summed E-state index contributed by atoms with van der Waals surface area (Å²) in [5.74, 6) is 1.02. The van der Waals surface area contributed by atoms with E-state index in [0.29, 0.717) is 0 Å². The number of hydrogen-bond acceptors (Lipinski definition) is 4. The maximum absolute atomic E-state index is 6.04. The highest BCUT2D eigenvalue weighted by atomic mass is 16.3. The number of nitrogens with one attached hydrogen (secondary N) is 1. The molecule has 0 amide bonds. The van der Waals surface area contributed by atoms with Crippen molar-refractivity contribution in [2.75, 3.05) is 14.1 Å². The first-order valence-electron chi connectivity index (χ1n) is 7.11. The number of furan rings is 2. The second kappa shape index (κ2) is 6.16. The normalized spacial score (nSPS) is 11.6. The van der Waals surface area contributed by atoms with Crippen molar-refractivity contribution in [3.8, 4) is 0 Å². The average Bonchev–Trinajstić information content (AvgIpc) is 3.08. The summed E-state index contributed by atoms with van der Waals surface area (Å²) >= 11 is 0. The lowest BCUT2D eigenvalue weighted by molar-refractivity contribution is 0.289. The fourth-order valence-corrected chi connectivity index (χ4v) is 2.64. The van der Waals surface area contributed by atoms with Gasteiger partial charge in [-0.1, -0.05) is 18.2 Å². The molecule has 2 heterocycles. The molecule has 0 saturated heterocycles. The van der Waals surface area contributed by atoms with Crippen molar-refractivity contribution < 1.29 is 8.83 Å². The van der Waals surface area contributed by atoms with E-state index in [1.54, 1.807) is 12.5 Å². The average molecular weight is 284 g/mol. The second-order valence-corrected chi connectivity index (χ2v) is 5.33. The highest BCUT2D eigenvalue weighted by Crippen LogP contribution is 2.27. The summed E-state index contributed by atoms with van der Waals surface area (Å²) in [7, 11) is 4.05. The molecular formula is C17H20N2O2. The van der Waals surface area contributed by atoms with Crippen LogP contribution in [0, 0.1) is 0 Å². The molecule has 0 saturated carbocycles. The summed E-state index contributed by atoms with van der Waals surface area (Å²) in [6, 6.07) is 10.2. The smallest absolute Gasteiger partial charge is 0.134 e. The first-order chi connectivity index (χ1) is 10.3. The Balaban J connectivity index is 1.83. The Bertz CT molecular complexity index is 701. The van der Waals surface area contributed by atoms with Gasteiger partial charge < -0.3 is 14.2 Å². The van der Waals surface area contributed by atoms with Crippen molar-refractivity contribution in [1.29, 1.82) is 0 Å². The van der Waals surface area contributed by atoms with Crippen LogP contribution < -0.4 is 5.32 Å². The minimum Gasteiger partial charge on any atom is -0.472 e. The summed E-state index contributed by atoms with van der Waals surface area (Å²) in [5, 5.41) is 4.42. The molecule has 21 heavy (non-hydrogen) atoms. The third kappa shape index (κ3) is 3.01. The number of rotatable bonds is 6. The first-order valence-corrected chi connectivity index (χ1v) is 7.11. The van der Waals surface area contributed by atoms with E-state index >= 15 is 0 Å². The molecule has 3 aromatic rings. The van der Waals surface area contributed by atoms with Gasteiger partial charge in [0.1, 0.15) is 11.3 Å². The van der Waals surface area contributed by atoms with Crippen LogP contribution in [0.3, 0.4) is 0 Å². The van der Waals surface area contributed by atoms with E-state index in [0.717, 1.165) is 31.0 Å². The van der Waals surface area contributed by atoms with Gasteiger partial charge >= 0.3 is 0 Å². The van der Waals surface area contributed by atoms with Crippen molar-refractivity contribution >= 4 is 11.0 Å². The minimum atomic E-state index is 0.775. The topological polar surface area (TPSA) is 41.5 Å². The fraction of sp³-hybridized carbons (Fsp3) is 0.294. The van der Waals surface area contributed by atoms with Gasteiger partial charge in [-0.15, -0.1) is 0 Å². The fourth-order valence-electron chi connectivity index (χ4n) is 2.64. The Labute approximate surface area is 124 Å². The maximum atomic E-state index is 6.04. The van der Waals surface area contributed by atoms with E-state index in [1.165, 1.54) is 16.5 Å². The summed E-state index contributed by atoms with van der Waals surface area (Å²) < 4.78 is 11.2. The molecular weight excluding hydrogens is 264 g/mol. The molecule has 0 aliphatic heterocycles. The SMILES string of the molecule is CNCc1c(CN(C)Cc2ccoc2)oc2ccccc12. The first kappa shape index (κ1) is 13.9. The molecule has 1 aromatic carbocycles. The molecule has 0 aliphatic rings. The van der Waals surface area contributed by atoms with Crippen LogP contribution in [0.4, 0.5) is 0 Å². The molecule has 0 atom stereocenters. The van der Waals surface area contributed by atoms with E-state index in [-0.39, 0.29) is 0 Å². The molecule has 4 heteroatoms. The van der Waals surface area contributed by atoms with Crippen molar-refractivity contribution in [2.24, 2.45) is 0 Å². The molecule has 0 fully saturated rings. The van der Waals surface area contributed by atoms with Crippen LogP contribution in [-0.4, -0.2) is 19.0 Å². The van der Waals surface area contributed by atoms with Crippen LogP contribution in [-0.2, 0) is 19.6 Å². The van der Waals surface area contributed by atoms with Crippen molar-refractivity contribution in [3.05, 3.63) is 59.7 Å². The van der Waals surface area contributed by atoms with Crippen LogP contribution in [0.5, 0.6) is 0 Å². The van der Waals surface area contributed by atoms with Crippen LogP contribution in [0.15, 0.2) is 51.7 Å². The van der Waals surface area contributed by atoms with Gasteiger partial charge in [0.2, 0.25) is 0 Å². The maximum Gasteiger partial charge on any atom is 0.134 e. The molecule has 0 bridgehead atoms. The van der Waals surface area contributed by atoms with E-state index in [4.69, 9.17) is 8.83 Å². The third-order valence-corrected chi connectivity index (χ3v) is 3.58. The molecule has 0 spiro atoms. The Morgan fingerprint density at radius 1 is 1.14 bits per heavy atom. The number of para-hydroxylation sites is 1. The largest absolute Gasteiger partial charge is 0.472 e. The Morgan fingerprint density at radius 3 is 2.76 bits per heavy atom. The molecule has 110 valence electrons. The van der Waals surface area contributed by atoms with Crippen LogP contribution in [0.25, 0.3) is 11.0 Å². The lowest BCUT2D eigenvalue weighted by Gasteiger charge is -2.15. The van der Waals surface area contributed by atoms with E-state index in [1.807, 2.05) is 25.2 Å². The van der Waals surface area contributed by atoms with Gasteiger partial charge in [-0.3, -0.25) is 4.90 Å². The van der Waals surface area contributed by atoms with Gasteiger partial charge in [-0.25, -0.2) is 0 Å². The van der Waals surface area contributed by atoms with Gasteiger partial charge in [0.05, 0.1) is 19.1 Å². The van der Waals surface area contributed by atoms with E-state index in [9.17, 15) is 0 Å². The summed E-state index contributed by atoms with van der Waals surface area (Å²) in [6.45, 7) is 2.43. The number of nitrogens with zero attached hydrogens (tertiary/aromatic N) is 1. The molecule has 4 nitrogen and oxygen atoms in total. The molecule has 1 N–H and O–H groups in total. The predicted molar refractivity (Wildman–Crippen MR) is 82.9 cm³/mol. The Morgan fingerprint density at radius 2 is 2.00 bits per heavy atom. The quantitative estimate of drug-likeness (QED) is 0.753. The van der Waals surface area contributed by atoms with Gasteiger partial charge in [-0.2, -0.15) is 0 Å². The van der Waals surface area contributed by atoms with Crippen molar-refractivity contribution in [3.63, 3.8) is 0 Å². The van der Waals surface area contributed by atoms with E-state index < -0.39 is 0 Å². The molecule has 3 rings (SSSR count). The highest BCUT2D eigenvalue weighted by Gasteiger charge is 2.15. The predicted octanol–water partition coefficient (Wildman–Crippen LogP) is 3.38. The second-order valence-electron chi connectivity index (χ2n) is 5.33. The zero-order valence-electron chi connectivity index (χ0n) is 12.4. The molecule has 0 unspecified atom stereocenters. The van der Waals surface area contributed by atoms with Gasteiger partial charge in [0.25, 0.3) is 0 Å². The van der Waals surface area contributed by atoms with Crippen molar-refractivity contribution in [2.45, 2.75) is 19.6 Å². The Kier molecular flexibility index (Phi) is 4.08. The van der Waals surface area contributed by atoms with Crippen LogP contribution >= 0.6 is 0 Å². The number of hydrogen-bond donors (Lipinski definition) is 1. The summed E-state index contributed by atoms with van der Waals surface area (Å²) in [6.07, 6.45) is 3.49. The third-order valence-electron chi connectivity index (χ3n) is 3.58. The van der Waals surface area contributed by atoms with Gasteiger partial charge in [-0.05, 0) is 26.2 Å². The summed E-state index contributed by atoms with van der Waals surface area (Å²) in [4.78, 5) is 2.22. The Hall–Kier alpha value is -2.04. The standard InChI is InChI=1S/C17H20N2O2/c1-18-9-15-14-5-3-4-6-16(14)21-17(15)11-19(2)10-13-7-8-20-12-13/h3-8,12,18H,9-11H2,1-2H3. The van der Waals surface area contributed by atoms with Gasteiger partial charge in [0.15, 0.2) is 0 Å². The molecule has 2 aromatic heterocycles. The summed E-state index contributed by atoms with van der Waals surface area (Å²) in [5.41, 5.74) is 3.37. The zero-order valence-corrected chi connectivity index (χ0v) is 12.4. The minimum absolute atomic E-state index is 0.775. The van der Waals surface area contributed by atoms with Gasteiger partial charge in [0, 0.05) is 29.6 Å². The lowest BCUT2D eigenvalue weighted by Crippen LogP contribution is -2.18. The zero-order chi connectivity index (χ0) is 14.7.